The van der Waals surface area contributed by atoms with Gasteiger partial charge in [0.1, 0.15) is 5.82 Å². The molecule has 0 radical (unpaired) electrons. The van der Waals surface area contributed by atoms with Crippen LogP contribution in [0.4, 0.5) is 5.82 Å². The van der Waals surface area contributed by atoms with Crippen LogP contribution in [0.5, 0.6) is 0 Å². The van der Waals surface area contributed by atoms with E-state index in [1.807, 2.05) is 43.2 Å². The number of nitrogens with zero attached hydrogens (tertiary/aromatic N) is 3. The number of anilines is 1. The van der Waals surface area contributed by atoms with Gasteiger partial charge in [0.25, 0.3) is 0 Å². The Morgan fingerprint density at radius 3 is 2.64 bits per heavy atom. The van der Waals surface area contributed by atoms with Gasteiger partial charge in [0, 0.05) is 32.1 Å². The highest BCUT2D eigenvalue weighted by Gasteiger charge is 2.00. The second-order valence-electron chi connectivity index (χ2n) is 3.11. The van der Waals surface area contributed by atoms with E-state index in [9.17, 15) is 0 Å². The van der Waals surface area contributed by atoms with Gasteiger partial charge in [-0.1, -0.05) is 0 Å². The van der Waals surface area contributed by atoms with Crippen LogP contribution in [0.1, 0.15) is 0 Å². The van der Waals surface area contributed by atoms with Crippen molar-refractivity contribution in [1.29, 1.82) is 0 Å². The maximum atomic E-state index is 4.24. The Balaban J connectivity index is 2.33. The molecule has 72 valence electrons. The maximum Gasteiger partial charge on any atom is 0.125 e. The Morgan fingerprint density at radius 2 is 2.14 bits per heavy atom. The Labute approximate surface area is 82.6 Å². The van der Waals surface area contributed by atoms with Gasteiger partial charge in [0.15, 0.2) is 0 Å². The molecule has 4 nitrogen and oxygen atoms in total. The molecule has 0 unspecified atom stereocenters. The van der Waals surface area contributed by atoms with Crippen molar-refractivity contribution in [3.05, 3.63) is 30.9 Å². The van der Waals surface area contributed by atoms with Crippen LogP contribution in [-0.2, 0) is 7.05 Å². The summed E-state index contributed by atoms with van der Waals surface area (Å²) in [5, 5.41) is 2.97. The molecule has 0 saturated heterocycles. The topological polar surface area (TPSA) is 42.7 Å². The lowest BCUT2D eigenvalue weighted by Crippen LogP contribution is -1.91. The van der Waals surface area contributed by atoms with Gasteiger partial charge in [-0.15, -0.1) is 0 Å². The van der Waals surface area contributed by atoms with E-state index in [4.69, 9.17) is 0 Å². The summed E-state index contributed by atoms with van der Waals surface area (Å²) in [6.45, 7) is 0. The van der Waals surface area contributed by atoms with Crippen LogP contribution in [0.2, 0.25) is 0 Å². The fourth-order valence-electron chi connectivity index (χ4n) is 1.26. The Hall–Kier alpha value is -1.84. The lowest BCUT2D eigenvalue weighted by atomic mass is 10.2. The Bertz CT molecular complexity index is 416. The lowest BCUT2D eigenvalue weighted by Gasteiger charge is -1.99. The minimum absolute atomic E-state index is 0.865. The summed E-state index contributed by atoms with van der Waals surface area (Å²) in [6, 6.07) is 3.94. The van der Waals surface area contributed by atoms with Gasteiger partial charge in [-0.2, -0.15) is 0 Å². The van der Waals surface area contributed by atoms with Crippen molar-refractivity contribution in [3.8, 4) is 11.3 Å². The van der Waals surface area contributed by atoms with Crippen LogP contribution in [0, 0.1) is 0 Å². The zero-order valence-corrected chi connectivity index (χ0v) is 8.23. The summed E-state index contributed by atoms with van der Waals surface area (Å²) in [7, 11) is 3.80. The smallest absolute Gasteiger partial charge is 0.125 e. The second kappa shape index (κ2) is 3.49. The first-order valence-corrected chi connectivity index (χ1v) is 4.42. The van der Waals surface area contributed by atoms with Gasteiger partial charge in [0.05, 0.1) is 12.0 Å². The summed E-state index contributed by atoms with van der Waals surface area (Å²) in [5.74, 6) is 0.865. The van der Waals surface area contributed by atoms with E-state index in [0.717, 1.165) is 17.1 Å². The molecular formula is C10H12N4. The molecule has 0 spiro atoms. The van der Waals surface area contributed by atoms with Gasteiger partial charge in [0.2, 0.25) is 0 Å². The molecule has 14 heavy (non-hydrogen) atoms. The van der Waals surface area contributed by atoms with Gasteiger partial charge in [-0.25, -0.2) is 9.97 Å². The molecule has 0 bridgehead atoms. The fourth-order valence-corrected chi connectivity index (χ4v) is 1.26. The Kier molecular flexibility index (Phi) is 2.18. The second-order valence-corrected chi connectivity index (χ2v) is 3.11. The summed E-state index contributed by atoms with van der Waals surface area (Å²) >= 11 is 0. The standard InChI is InChI=1S/C10H12N4/c1-11-10-4-3-8(5-12-10)9-6-14(2)7-13-9/h3-7H,1-2H3,(H,11,12). The van der Waals surface area contributed by atoms with Crippen molar-refractivity contribution >= 4 is 5.82 Å². The molecule has 0 aliphatic rings. The lowest BCUT2D eigenvalue weighted by molar-refractivity contribution is 0.913. The predicted molar refractivity (Wildman–Crippen MR) is 56.0 cm³/mol. The van der Waals surface area contributed by atoms with Crippen LogP contribution in [-0.4, -0.2) is 21.6 Å². The molecule has 0 aliphatic carbocycles. The van der Waals surface area contributed by atoms with Crippen molar-refractivity contribution in [2.24, 2.45) is 7.05 Å². The minimum atomic E-state index is 0.865. The van der Waals surface area contributed by atoms with Crippen molar-refractivity contribution in [3.63, 3.8) is 0 Å². The third kappa shape index (κ3) is 1.59. The summed E-state index contributed by atoms with van der Waals surface area (Å²) in [6.07, 6.45) is 5.56. The molecule has 0 atom stereocenters. The molecule has 2 aromatic rings. The van der Waals surface area contributed by atoms with Crippen LogP contribution in [0.25, 0.3) is 11.3 Å². The minimum Gasteiger partial charge on any atom is -0.373 e. The average molecular weight is 188 g/mol. The van der Waals surface area contributed by atoms with Crippen LogP contribution < -0.4 is 5.32 Å². The number of rotatable bonds is 2. The predicted octanol–water partition coefficient (Wildman–Crippen LogP) is 1.52. The molecule has 0 amide bonds. The van der Waals surface area contributed by atoms with E-state index in [1.54, 1.807) is 6.33 Å². The zero-order valence-electron chi connectivity index (χ0n) is 8.23. The van der Waals surface area contributed by atoms with Crippen molar-refractivity contribution < 1.29 is 0 Å². The number of hydrogen-bond acceptors (Lipinski definition) is 3. The van der Waals surface area contributed by atoms with Crippen LogP contribution in [0.3, 0.4) is 0 Å². The van der Waals surface area contributed by atoms with Crippen molar-refractivity contribution in [2.45, 2.75) is 0 Å². The molecule has 2 heterocycles. The first kappa shape index (κ1) is 8.74. The van der Waals surface area contributed by atoms with E-state index >= 15 is 0 Å². The molecule has 2 rings (SSSR count). The maximum absolute atomic E-state index is 4.24. The molecule has 0 saturated carbocycles. The first-order chi connectivity index (χ1) is 6.79. The fraction of sp³-hybridized carbons (Fsp3) is 0.200. The molecule has 0 aromatic carbocycles. The van der Waals surface area contributed by atoms with E-state index in [1.165, 1.54) is 0 Å². The SMILES string of the molecule is CNc1ccc(-c2cn(C)cn2)cn1. The molecule has 0 aliphatic heterocycles. The number of imidazole rings is 1. The van der Waals surface area contributed by atoms with Gasteiger partial charge < -0.3 is 9.88 Å². The number of nitrogens with one attached hydrogen (secondary N) is 1. The summed E-state index contributed by atoms with van der Waals surface area (Å²) in [4.78, 5) is 8.47. The number of pyridine rings is 1. The highest BCUT2D eigenvalue weighted by molar-refractivity contribution is 5.58. The highest BCUT2D eigenvalue weighted by Crippen LogP contribution is 2.16. The van der Waals surface area contributed by atoms with Gasteiger partial charge in [-0.3, -0.25) is 0 Å². The molecule has 0 fully saturated rings. The zero-order chi connectivity index (χ0) is 9.97. The highest BCUT2D eigenvalue weighted by atomic mass is 15.0. The molecule has 4 heteroatoms. The van der Waals surface area contributed by atoms with E-state index in [0.29, 0.717) is 0 Å². The summed E-state index contributed by atoms with van der Waals surface area (Å²) in [5.41, 5.74) is 1.98. The number of aromatic nitrogens is 3. The summed E-state index contributed by atoms with van der Waals surface area (Å²) < 4.78 is 1.92. The van der Waals surface area contributed by atoms with Crippen molar-refractivity contribution in [1.82, 2.24) is 14.5 Å². The largest absolute Gasteiger partial charge is 0.373 e. The monoisotopic (exact) mass is 188 g/mol. The normalized spacial score (nSPS) is 10.1. The molecular weight excluding hydrogens is 176 g/mol. The third-order valence-electron chi connectivity index (χ3n) is 2.02. The van der Waals surface area contributed by atoms with E-state index in [2.05, 4.69) is 15.3 Å². The van der Waals surface area contributed by atoms with Gasteiger partial charge >= 0.3 is 0 Å². The first-order valence-electron chi connectivity index (χ1n) is 4.42. The van der Waals surface area contributed by atoms with Crippen molar-refractivity contribution in [2.75, 3.05) is 12.4 Å². The third-order valence-corrected chi connectivity index (χ3v) is 2.02. The van der Waals surface area contributed by atoms with Crippen LogP contribution >= 0.6 is 0 Å². The van der Waals surface area contributed by atoms with E-state index < -0.39 is 0 Å². The Morgan fingerprint density at radius 1 is 1.29 bits per heavy atom. The van der Waals surface area contributed by atoms with E-state index in [-0.39, 0.29) is 0 Å². The van der Waals surface area contributed by atoms with Gasteiger partial charge in [-0.05, 0) is 12.1 Å². The molecule has 2 aromatic heterocycles. The number of hydrogen-bond donors (Lipinski definition) is 1. The molecule has 1 N–H and O–H groups in total. The number of aryl methyl sites for hydroxylation is 1. The quantitative estimate of drug-likeness (QED) is 0.777. The average Bonchev–Trinajstić information content (AvgIpc) is 2.65. The van der Waals surface area contributed by atoms with Crippen LogP contribution in [0.15, 0.2) is 30.9 Å².